The molecule has 1 aromatic rings. The van der Waals surface area contributed by atoms with Gasteiger partial charge in [-0.1, -0.05) is 12.1 Å². The van der Waals surface area contributed by atoms with Crippen LogP contribution in [-0.4, -0.2) is 32.1 Å². The van der Waals surface area contributed by atoms with E-state index in [2.05, 4.69) is 10.6 Å². The third-order valence-electron chi connectivity index (χ3n) is 3.44. The van der Waals surface area contributed by atoms with Crippen LogP contribution in [0.4, 0.5) is 0 Å². The van der Waals surface area contributed by atoms with E-state index in [0.717, 1.165) is 43.7 Å². The van der Waals surface area contributed by atoms with E-state index >= 15 is 0 Å². The summed E-state index contributed by atoms with van der Waals surface area (Å²) in [6.07, 6.45) is 3.63. The Morgan fingerprint density at radius 1 is 1.42 bits per heavy atom. The van der Waals surface area contributed by atoms with E-state index in [0.29, 0.717) is 12.5 Å². The predicted octanol–water partition coefficient (Wildman–Crippen LogP) is 1.50. The minimum atomic E-state index is 0.0974. The van der Waals surface area contributed by atoms with Crippen LogP contribution < -0.4 is 15.4 Å². The molecule has 0 aromatic heterocycles. The van der Waals surface area contributed by atoms with Crippen molar-refractivity contribution >= 4 is 5.91 Å². The van der Waals surface area contributed by atoms with E-state index in [4.69, 9.17) is 4.74 Å². The number of amides is 1. The van der Waals surface area contributed by atoms with Crippen LogP contribution in [0.5, 0.6) is 5.75 Å². The number of rotatable bonds is 4. The lowest BCUT2D eigenvalue weighted by molar-refractivity contribution is -0.121. The van der Waals surface area contributed by atoms with Crippen molar-refractivity contribution < 1.29 is 9.53 Å². The third kappa shape index (κ3) is 4.56. The average Bonchev–Trinajstić information content (AvgIpc) is 2.67. The van der Waals surface area contributed by atoms with Crippen LogP contribution in [0.1, 0.15) is 24.8 Å². The summed E-state index contributed by atoms with van der Waals surface area (Å²) < 4.78 is 5.16. The molecule has 1 saturated heterocycles. The van der Waals surface area contributed by atoms with Crippen molar-refractivity contribution in [3.63, 3.8) is 0 Å². The van der Waals surface area contributed by atoms with Gasteiger partial charge in [0.2, 0.25) is 5.91 Å². The van der Waals surface area contributed by atoms with E-state index in [-0.39, 0.29) is 5.91 Å². The second-order valence-corrected chi connectivity index (χ2v) is 4.97. The van der Waals surface area contributed by atoms with Crippen LogP contribution in [-0.2, 0) is 11.2 Å². The predicted molar refractivity (Wildman–Crippen MR) is 75.3 cm³/mol. The smallest absolute Gasteiger partial charge is 0.224 e. The van der Waals surface area contributed by atoms with Crippen LogP contribution in [0.15, 0.2) is 24.3 Å². The molecule has 1 amide bonds. The van der Waals surface area contributed by atoms with E-state index < -0.39 is 0 Å². The fourth-order valence-electron chi connectivity index (χ4n) is 2.41. The largest absolute Gasteiger partial charge is 0.497 e. The van der Waals surface area contributed by atoms with Gasteiger partial charge in [0.25, 0.3) is 0 Å². The fourth-order valence-corrected chi connectivity index (χ4v) is 2.41. The van der Waals surface area contributed by atoms with Gasteiger partial charge < -0.3 is 15.4 Å². The van der Waals surface area contributed by atoms with E-state index in [1.807, 2.05) is 24.3 Å². The van der Waals surface area contributed by atoms with Crippen LogP contribution in [0.3, 0.4) is 0 Å². The third-order valence-corrected chi connectivity index (χ3v) is 3.44. The number of hydrogen-bond acceptors (Lipinski definition) is 3. The summed E-state index contributed by atoms with van der Waals surface area (Å²) in [6, 6.07) is 7.98. The zero-order valence-electron chi connectivity index (χ0n) is 11.4. The monoisotopic (exact) mass is 262 g/mol. The topological polar surface area (TPSA) is 50.4 Å². The number of hydrogen-bond donors (Lipinski definition) is 2. The van der Waals surface area contributed by atoms with E-state index in [1.165, 1.54) is 0 Å². The van der Waals surface area contributed by atoms with Crippen LogP contribution >= 0.6 is 0 Å². The highest BCUT2D eigenvalue weighted by Gasteiger charge is 2.14. The molecule has 1 aromatic carbocycles. The molecule has 19 heavy (non-hydrogen) atoms. The summed E-state index contributed by atoms with van der Waals surface area (Å²) in [6.45, 7) is 2.05. The minimum Gasteiger partial charge on any atom is -0.497 e. The molecule has 0 aliphatic carbocycles. The standard InChI is InChI=1S/C15H22N2O2/c1-19-14-6-2-4-12(10-14)11-15(18)17-13-5-3-8-16-9-7-13/h2,4,6,10,13,16H,3,5,7-9,11H2,1H3,(H,17,18). The summed E-state index contributed by atoms with van der Waals surface area (Å²) in [7, 11) is 1.64. The number of carbonyl (C=O) groups excluding carboxylic acids is 1. The van der Waals surface area contributed by atoms with Gasteiger partial charge in [0.1, 0.15) is 5.75 Å². The van der Waals surface area contributed by atoms with Crippen LogP contribution in [0.25, 0.3) is 0 Å². The van der Waals surface area contributed by atoms with Gasteiger partial charge in [-0.05, 0) is 50.0 Å². The van der Waals surface area contributed by atoms with Gasteiger partial charge in [-0.2, -0.15) is 0 Å². The van der Waals surface area contributed by atoms with Crippen LogP contribution in [0, 0.1) is 0 Å². The van der Waals surface area contributed by atoms with Crippen molar-refractivity contribution in [1.82, 2.24) is 10.6 Å². The van der Waals surface area contributed by atoms with E-state index in [9.17, 15) is 4.79 Å². The second-order valence-electron chi connectivity index (χ2n) is 4.97. The number of ether oxygens (including phenoxy) is 1. The van der Waals surface area contributed by atoms with Crippen molar-refractivity contribution in [3.05, 3.63) is 29.8 Å². The molecule has 1 unspecified atom stereocenters. The molecule has 1 aliphatic rings. The maximum absolute atomic E-state index is 12.0. The molecule has 104 valence electrons. The molecule has 1 heterocycles. The molecule has 1 atom stereocenters. The first-order valence-electron chi connectivity index (χ1n) is 6.91. The zero-order valence-corrected chi connectivity index (χ0v) is 11.4. The molecule has 0 spiro atoms. The molecule has 4 nitrogen and oxygen atoms in total. The Morgan fingerprint density at radius 2 is 2.32 bits per heavy atom. The molecular weight excluding hydrogens is 240 g/mol. The Morgan fingerprint density at radius 3 is 3.16 bits per heavy atom. The summed E-state index contributed by atoms with van der Waals surface area (Å²) in [4.78, 5) is 12.0. The highest BCUT2D eigenvalue weighted by molar-refractivity contribution is 5.79. The van der Waals surface area contributed by atoms with Gasteiger partial charge >= 0.3 is 0 Å². The molecule has 1 fully saturated rings. The molecule has 0 bridgehead atoms. The Hall–Kier alpha value is -1.55. The molecular formula is C15H22N2O2. The van der Waals surface area contributed by atoms with Crippen LogP contribution in [0.2, 0.25) is 0 Å². The first-order valence-corrected chi connectivity index (χ1v) is 6.91. The van der Waals surface area contributed by atoms with Gasteiger partial charge in [0.05, 0.1) is 13.5 Å². The zero-order chi connectivity index (χ0) is 13.5. The summed E-state index contributed by atoms with van der Waals surface area (Å²) in [5, 5.41) is 6.47. The maximum atomic E-state index is 12.0. The van der Waals surface area contributed by atoms with E-state index in [1.54, 1.807) is 7.11 Å². The van der Waals surface area contributed by atoms with Crippen molar-refractivity contribution in [2.75, 3.05) is 20.2 Å². The Balaban J connectivity index is 1.85. The van der Waals surface area contributed by atoms with Gasteiger partial charge in [0, 0.05) is 6.04 Å². The number of benzene rings is 1. The van der Waals surface area contributed by atoms with Crippen molar-refractivity contribution in [2.24, 2.45) is 0 Å². The normalized spacial score (nSPS) is 19.5. The first-order chi connectivity index (χ1) is 9.28. The lowest BCUT2D eigenvalue weighted by Gasteiger charge is -2.16. The fraction of sp³-hybridized carbons (Fsp3) is 0.533. The highest BCUT2D eigenvalue weighted by Crippen LogP contribution is 2.13. The van der Waals surface area contributed by atoms with Crippen molar-refractivity contribution in [3.8, 4) is 5.75 Å². The quantitative estimate of drug-likeness (QED) is 0.864. The maximum Gasteiger partial charge on any atom is 0.224 e. The van der Waals surface area contributed by atoms with Crippen molar-refractivity contribution in [1.29, 1.82) is 0 Å². The summed E-state index contributed by atoms with van der Waals surface area (Å²) in [5.41, 5.74) is 0.989. The molecule has 2 rings (SSSR count). The SMILES string of the molecule is COc1cccc(CC(=O)NC2CCCNCC2)c1. The molecule has 2 N–H and O–H groups in total. The molecule has 1 aliphatic heterocycles. The Kier molecular flexibility index (Phi) is 5.21. The number of nitrogens with one attached hydrogen (secondary N) is 2. The van der Waals surface area contributed by atoms with Gasteiger partial charge in [-0.3, -0.25) is 4.79 Å². The minimum absolute atomic E-state index is 0.0974. The lowest BCUT2D eigenvalue weighted by Crippen LogP contribution is -2.36. The summed E-state index contributed by atoms with van der Waals surface area (Å²) >= 11 is 0. The number of methoxy groups -OCH3 is 1. The molecule has 0 saturated carbocycles. The highest BCUT2D eigenvalue weighted by atomic mass is 16.5. The lowest BCUT2D eigenvalue weighted by atomic mass is 10.1. The Labute approximate surface area is 114 Å². The van der Waals surface area contributed by atoms with Crippen molar-refractivity contribution in [2.45, 2.75) is 31.7 Å². The average molecular weight is 262 g/mol. The van der Waals surface area contributed by atoms with Gasteiger partial charge in [-0.25, -0.2) is 0 Å². The van der Waals surface area contributed by atoms with Gasteiger partial charge in [-0.15, -0.1) is 0 Å². The number of carbonyl (C=O) groups is 1. The Bertz CT molecular complexity index is 412. The van der Waals surface area contributed by atoms with Gasteiger partial charge in [0.15, 0.2) is 0 Å². The molecule has 0 radical (unpaired) electrons. The summed E-state index contributed by atoms with van der Waals surface area (Å²) in [5.74, 6) is 0.893. The first kappa shape index (κ1) is 13.9. The molecule has 4 heteroatoms. The second kappa shape index (κ2) is 7.14.